The van der Waals surface area contributed by atoms with Gasteiger partial charge in [0.15, 0.2) is 0 Å². The van der Waals surface area contributed by atoms with Crippen molar-refractivity contribution in [3.05, 3.63) is 63.5 Å². The number of aromatic amines is 1. The van der Waals surface area contributed by atoms with E-state index in [0.717, 1.165) is 0 Å². The number of benzene rings is 1. The molecule has 6 rings (SSSR count). The van der Waals surface area contributed by atoms with Crippen LogP contribution in [0.2, 0.25) is 5.02 Å². The fourth-order valence-corrected chi connectivity index (χ4v) is 7.96. The number of pyridine rings is 1. The minimum Gasteiger partial charge on any atom is -0.360 e. The number of aromatic nitrogens is 1. The van der Waals surface area contributed by atoms with Crippen molar-refractivity contribution in [2.24, 2.45) is 10.4 Å². The number of rotatable bonds is 9. The second kappa shape index (κ2) is 9.59. The van der Waals surface area contributed by atoms with Crippen LogP contribution in [0.1, 0.15) is 45.1 Å². The maximum Gasteiger partial charge on any atom is 0.390 e. The van der Waals surface area contributed by atoms with E-state index in [4.69, 9.17) is 16.6 Å². The molecule has 3 saturated carbocycles. The summed E-state index contributed by atoms with van der Waals surface area (Å²) >= 11 is 6.01. The maximum atomic E-state index is 13.8. The van der Waals surface area contributed by atoms with Gasteiger partial charge in [-0.25, -0.2) is 8.42 Å². The van der Waals surface area contributed by atoms with Gasteiger partial charge in [0.25, 0.3) is 5.56 Å². The molecule has 0 saturated heterocycles. The zero-order valence-corrected chi connectivity index (χ0v) is 23.4. The van der Waals surface area contributed by atoms with Gasteiger partial charge in [0.2, 0.25) is 15.9 Å². The number of hydrogen-bond donors (Lipinski definition) is 3. The molecule has 1 aromatic heterocycles. The molecule has 0 radical (unpaired) electrons. The molecule has 9 nitrogen and oxygen atoms in total. The van der Waals surface area contributed by atoms with E-state index in [1.54, 1.807) is 38.1 Å². The zero-order chi connectivity index (χ0) is 29.1. The van der Waals surface area contributed by atoms with E-state index in [1.807, 2.05) is 0 Å². The number of hydrogen-bond acceptors (Lipinski definition) is 6. The Labute approximate surface area is 234 Å². The van der Waals surface area contributed by atoms with Crippen LogP contribution in [-0.4, -0.2) is 59.3 Å². The zero-order valence-electron chi connectivity index (χ0n) is 21.8. The third-order valence-electron chi connectivity index (χ3n) is 7.98. The van der Waals surface area contributed by atoms with Crippen molar-refractivity contribution in [2.45, 2.75) is 74.3 Å². The van der Waals surface area contributed by atoms with Gasteiger partial charge in [-0.05, 0) is 62.9 Å². The van der Waals surface area contributed by atoms with Gasteiger partial charge in [-0.1, -0.05) is 23.7 Å². The van der Waals surface area contributed by atoms with Gasteiger partial charge >= 0.3 is 6.18 Å². The average Bonchev–Trinajstić information content (AvgIpc) is 3.12. The van der Waals surface area contributed by atoms with Crippen LogP contribution in [0, 0.1) is 5.41 Å². The molecular formula is C26H29ClF3N5O4S. The molecule has 0 unspecified atom stereocenters. The van der Waals surface area contributed by atoms with Crippen LogP contribution < -0.4 is 16.2 Å². The monoisotopic (exact) mass is 599 g/mol. The lowest BCUT2D eigenvalue weighted by molar-refractivity contribution is -0.151. The highest BCUT2D eigenvalue weighted by molar-refractivity contribution is 7.89. The molecular weight excluding hydrogens is 571 g/mol. The number of aliphatic imine (C=N–C) groups is 1. The molecule has 1 atom stereocenters. The first kappa shape index (κ1) is 28.6. The van der Waals surface area contributed by atoms with Crippen LogP contribution >= 0.6 is 11.6 Å². The standard InChI is InChI=1S/C26H29ClF3N5O4S/c1-23(2)19(21(37)32-11-9-26(28,29)30)33-22(34-23)24-13-25(14-24,15-24)35(12-16-5-7-17(27)8-6-16)40(38,39)18-4-3-10-31-20(18)36/h3-8,10,19H,9,11-15H2,1-2H3,(H,31,36)(H,32,37)(H,33,34)/t19-,24?,25?/m0/s1. The van der Waals surface area contributed by atoms with Gasteiger partial charge in [0, 0.05) is 35.3 Å². The topological polar surface area (TPSA) is 124 Å². The molecule has 2 heterocycles. The molecule has 1 aromatic carbocycles. The Morgan fingerprint density at radius 2 is 1.82 bits per heavy atom. The Hall–Kier alpha value is -2.90. The Morgan fingerprint density at radius 3 is 2.42 bits per heavy atom. The van der Waals surface area contributed by atoms with Crippen molar-refractivity contribution in [3.8, 4) is 0 Å². The summed E-state index contributed by atoms with van der Waals surface area (Å²) in [6.07, 6.45) is -2.89. The second-order valence-electron chi connectivity index (χ2n) is 11.4. The predicted octanol–water partition coefficient (Wildman–Crippen LogP) is 3.36. The third-order valence-corrected chi connectivity index (χ3v) is 10.2. The number of carbonyl (C=O) groups excluding carboxylic acids is 1. The molecule has 1 amide bonds. The Kier molecular flexibility index (Phi) is 6.86. The van der Waals surface area contributed by atoms with Crippen molar-refractivity contribution in [1.29, 1.82) is 0 Å². The van der Waals surface area contributed by atoms with Crippen LogP contribution in [0.5, 0.6) is 0 Å². The Bertz CT molecular complexity index is 1500. The number of alkyl halides is 3. The van der Waals surface area contributed by atoms with Gasteiger partial charge in [-0.3, -0.25) is 14.6 Å². The fraction of sp³-hybridized carbons (Fsp3) is 0.500. The molecule has 2 aromatic rings. The average molecular weight is 600 g/mol. The van der Waals surface area contributed by atoms with Crippen molar-refractivity contribution in [1.82, 2.24) is 19.9 Å². The summed E-state index contributed by atoms with van der Waals surface area (Å²) in [5.41, 5.74) is -2.18. The molecule has 4 aliphatic rings. The van der Waals surface area contributed by atoms with Crippen molar-refractivity contribution in [3.63, 3.8) is 0 Å². The van der Waals surface area contributed by atoms with Gasteiger partial charge in [0.1, 0.15) is 16.8 Å². The van der Waals surface area contributed by atoms with Gasteiger partial charge in [-0.2, -0.15) is 17.5 Å². The molecule has 2 bridgehead atoms. The summed E-state index contributed by atoms with van der Waals surface area (Å²) in [5.74, 6) is -0.0266. The van der Waals surface area contributed by atoms with Crippen LogP contribution in [0.15, 0.2) is 57.3 Å². The van der Waals surface area contributed by atoms with Crippen molar-refractivity contribution >= 4 is 33.4 Å². The first-order valence-electron chi connectivity index (χ1n) is 12.7. The number of nitrogens with zero attached hydrogens (tertiary/aromatic N) is 2. The molecule has 216 valence electrons. The summed E-state index contributed by atoms with van der Waals surface area (Å²) in [7, 11) is -4.20. The smallest absolute Gasteiger partial charge is 0.360 e. The normalized spacial score (nSPS) is 26.9. The van der Waals surface area contributed by atoms with E-state index < -0.39 is 63.2 Å². The molecule has 3 N–H and O–H groups in total. The second-order valence-corrected chi connectivity index (χ2v) is 13.7. The molecule has 3 fully saturated rings. The van der Waals surface area contributed by atoms with Crippen molar-refractivity contribution < 1.29 is 26.4 Å². The molecule has 3 aliphatic carbocycles. The largest absolute Gasteiger partial charge is 0.390 e. The molecule has 0 spiro atoms. The highest BCUT2D eigenvalue weighted by atomic mass is 35.5. The van der Waals surface area contributed by atoms with E-state index in [9.17, 15) is 31.2 Å². The minimum atomic E-state index is -4.38. The first-order valence-corrected chi connectivity index (χ1v) is 14.6. The van der Waals surface area contributed by atoms with Crippen LogP contribution in [0.4, 0.5) is 13.2 Å². The Balaban J connectivity index is 1.35. The lowest BCUT2D eigenvalue weighted by atomic mass is 9.38. The first-order chi connectivity index (χ1) is 18.6. The van der Waals surface area contributed by atoms with E-state index >= 15 is 0 Å². The molecule has 14 heteroatoms. The highest BCUT2D eigenvalue weighted by Gasteiger charge is 2.75. The maximum absolute atomic E-state index is 13.8. The number of halogens is 4. The summed E-state index contributed by atoms with van der Waals surface area (Å²) in [6, 6.07) is 8.66. The number of sulfonamides is 1. The SMILES string of the molecule is CC1(C)N=C(C23CC(N(Cc4ccc(Cl)cc4)S(=O)(=O)c4ccc[nH]c4=O)(C2)C3)N[C@H]1C(=O)NCCC(F)(F)F. The lowest BCUT2D eigenvalue weighted by Gasteiger charge is -2.72. The number of amidine groups is 1. The summed E-state index contributed by atoms with van der Waals surface area (Å²) in [5, 5.41) is 5.96. The fourth-order valence-electron chi connectivity index (χ4n) is 6.03. The molecule has 40 heavy (non-hydrogen) atoms. The van der Waals surface area contributed by atoms with Crippen LogP contribution in [-0.2, 0) is 21.4 Å². The van der Waals surface area contributed by atoms with E-state index in [0.29, 0.717) is 35.7 Å². The van der Waals surface area contributed by atoms with Crippen LogP contribution in [0.3, 0.4) is 0 Å². The number of amides is 1. The van der Waals surface area contributed by atoms with E-state index in [-0.39, 0.29) is 11.4 Å². The minimum absolute atomic E-state index is 0.0273. The lowest BCUT2D eigenvalue weighted by Crippen LogP contribution is -2.78. The number of H-pyrrole nitrogens is 1. The Morgan fingerprint density at radius 1 is 1.18 bits per heavy atom. The quantitative estimate of drug-likeness (QED) is 0.408. The van der Waals surface area contributed by atoms with Gasteiger partial charge in [-0.15, -0.1) is 0 Å². The summed E-state index contributed by atoms with van der Waals surface area (Å²) in [6.45, 7) is 2.94. The molecule has 1 aliphatic heterocycles. The number of nitrogens with one attached hydrogen (secondary N) is 3. The predicted molar refractivity (Wildman–Crippen MR) is 142 cm³/mol. The summed E-state index contributed by atoms with van der Waals surface area (Å²) < 4.78 is 66.6. The highest BCUT2D eigenvalue weighted by Crippen LogP contribution is 2.71. The van der Waals surface area contributed by atoms with Crippen molar-refractivity contribution in [2.75, 3.05) is 6.54 Å². The van der Waals surface area contributed by atoms with E-state index in [1.165, 1.54) is 22.6 Å². The van der Waals surface area contributed by atoms with Gasteiger partial charge in [0.05, 0.1) is 12.0 Å². The van der Waals surface area contributed by atoms with E-state index in [2.05, 4.69) is 15.6 Å². The van der Waals surface area contributed by atoms with Crippen LogP contribution in [0.25, 0.3) is 0 Å². The summed E-state index contributed by atoms with van der Waals surface area (Å²) in [4.78, 5) is 32.0. The van der Waals surface area contributed by atoms with Gasteiger partial charge < -0.3 is 15.6 Å². The third kappa shape index (κ3) is 5.03. The number of carbonyl (C=O) groups is 1.